The topological polar surface area (TPSA) is 32.3 Å². The van der Waals surface area contributed by atoms with E-state index in [2.05, 4.69) is 17.4 Å². The van der Waals surface area contributed by atoms with E-state index in [-0.39, 0.29) is 17.8 Å². The molecule has 1 atom stereocenters. The van der Waals surface area contributed by atoms with Crippen LogP contribution >= 0.6 is 0 Å². The molecule has 1 unspecified atom stereocenters. The maximum Gasteiger partial charge on any atom is 0.240 e. The third kappa shape index (κ3) is 3.59. The van der Waals surface area contributed by atoms with Crippen molar-refractivity contribution < 1.29 is 9.18 Å². The summed E-state index contributed by atoms with van der Waals surface area (Å²) in [5.41, 5.74) is 3.30. The fourth-order valence-corrected chi connectivity index (χ4v) is 3.05. The Morgan fingerprint density at radius 1 is 1.22 bits per heavy atom. The summed E-state index contributed by atoms with van der Waals surface area (Å²) in [5.74, 6) is -0.193. The zero-order chi connectivity index (χ0) is 16.2. The van der Waals surface area contributed by atoms with E-state index in [0.717, 1.165) is 5.56 Å². The number of amides is 1. The second-order valence-corrected chi connectivity index (χ2v) is 5.89. The minimum Gasteiger partial charge on any atom is -0.337 e. The van der Waals surface area contributed by atoms with E-state index >= 15 is 0 Å². The average Bonchev–Trinajstić information content (AvgIpc) is 2.58. The number of rotatable bonds is 4. The lowest BCUT2D eigenvalue weighted by Gasteiger charge is -2.30. The minimum atomic E-state index is -0.268. The number of nitrogens with one attached hydrogen (secondary N) is 1. The number of nitrogens with zero attached hydrogens (tertiary/aromatic N) is 1. The zero-order valence-electron chi connectivity index (χ0n) is 13.3. The van der Waals surface area contributed by atoms with Gasteiger partial charge >= 0.3 is 0 Å². The summed E-state index contributed by atoms with van der Waals surface area (Å²) in [6.45, 7) is 3.71. The molecule has 1 aliphatic rings. The van der Waals surface area contributed by atoms with Gasteiger partial charge in [0, 0.05) is 19.6 Å². The van der Waals surface area contributed by atoms with Crippen LogP contribution in [0.15, 0.2) is 48.5 Å². The van der Waals surface area contributed by atoms with Crippen LogP contribution in [0.3, 0.4) is 0 Å². The molecule has 3 nitrogen and oxygen atoms in total. The van der Waals surface area contributed by atoms with Crippen molar-refractivity contribution in [3.8, 4) is 0 Å². The molecular weight excluding hydrogens is 291 g/mol. The van der Waals surface area contributed by atoms with E-state index < -0.39 is 0 Å². The first-order valence-electron chi connectivity index (χ1n) is 8.00. The summed E-state index contributed by atoms with van der Waals surface area (Å²) in [7, 11) is 0. The Balaban J connectivity index is 1.71. The number of fused-ring (bicyclic) bond motifs is 1. The SMILES string of the molecule is CCN(Cc1cccc(F)c1)C(=O)C1Cc2ccccc2CN1. The van der Waals surface area contributed by atoms with Crippen LogP contribution in [0.1, 0.15) is 23.6 Å². The van der Waals surface area contributed by atoms with Gasteiger partial charge in [0.2, 0.25) is 5.91 Å². The van der Waals surface area contributed by atoms with Crippen LogP contribution in [0.4, 0.5) is 4.39 Å². The van der Waals surface area contributed by atoms with Crippen LogP contribution in [-0.2, 0) is 24.3 Å². The number of hydrogen-bond acceptors (Lipinski definition) is 2. The van der Waals surface area contributed by atoms with Crippen LogP contribution in [0.5, 0.6) is 0 Å². The Bertz CT molecular complexity index is 701. The Morgan fingerprint density at radius 2 is 2.00 bits per heavy atom. The smallest absolute Gasteiger partial charge is 0.240 e. The molecule has 1 heterocycles. The standard InChI is InChI=1S/C19H21FN2O/c1-2-22(13-14-6-5-9-17(20)10-14)19(23)18-11-15-7-3-4-8-16(15)12-21-18/h3-10,18,21H,2,11-13H2,1H3. The molecule has 0 saturated heterocycles. The van der Waals surface area contributed by atoms with Crippen molar-refractivity contribution in [3.05, 3.63) is 71.0 Å². The van der Waals surface area contributed by atoms with Crippen molar-refractivity contribution in [2.24, 2.45) is 0 Å². The van der Waals surface area contributed by atoms with Crippen molar-refractivity contribution in [1.82, 2.24) is 10.2 Å². The van der Waals surface area contributed by atoms with E-state index in [1.807, 2.05) is 25.1 Å². The molecule has 2 aromatic rings. The van der Waals surface area contributed by atoms with Crippen LogP contribution in [0.2, 0.25) is 0 Å². The van der Waals surface area contributed by atoms with E-state index in [1.165, 1.54) is 23.3 Å². The van der Waals surface area contributed by atoms with Gasteiger partial charge in [0.15, 0.2) is 0 Å². The predicted molar refractivity (Wildman–Crippen MR) is 88.3 cm³/mol. The number of halogens is 1. The molecule has 0 aliphatic carbocycles. The predicted octanol–water partition coefficient (Wildman–Crippen LogP) is 2.89. The Hall–Kier alpha value is -2.20. The first-order chi connectivity index (χ1) is 11.2. The number of hydrogen-bond donors (Lipinski definition) is 1. The second-order valence-electron chi connectivity index (χ2n) is 5.89. The van der Waals surface area contributed by atoms with Gasteiger partial charge in [-0.3, -0.25) is 4.79 Å². The molecule has 23 heavy (non-hydrogen) atoms. The molecule has 0 radical (unpaired) electrons. The second kappa shape index (κ2) is 6.92. The van der Waals surface area contributed by atoms with Crippen molar-refractivity contribution >= 4 is 5.91 Å². The van der Waals surface area contributed by atoms with E-state index in [1.54, 1.807) is 11.0 Å². The summed E-state index contributed by atoms with van der Waals surface area (Å²) in [6, 6.07) is 14.4. The molecule has 0 fully saturated rings. The number of likely N-dealkylation sites (N-methyl/N-ethyl adjacent to an activating group) is 1. The van der Waals surface area contributed by atoms with Crippen LogP contribution in [-0.4, -0.2) is 23.4 Å². The first-order valence-corrected chi connectivity index (χ1v) is 8.00. The Kier molecular flexibility index (Phi) is 4.72. The fourth-order valence-electron chi connectivity index (χ4n) is 3.05. The van der Waals surface area contributed by atoms with Gasteiger partial charge in [0.05, 0.1) is 6.04 Å². The Morgan fingerprint density at radius 3 is 2.74 bits per heavy atom. The van der Waals surface area contributed by atoms with Gasteiger partial charge in [-0.1, -0.05) is 36.4 Å². The molecule has 3 rings (SSSR count). The lowest BCUT2D eigenvalue weighted by atomic mass is 9.95. The van der Waals surface area contributed by atoms with Crippen LogP contribution < -0.4 is 5.32 Å². The van der Waals surface area contributed by atoms with Crippen molar-refractivity contribution in [2.45, 2.75) is 32.5 Å². The van der Waals surface area contributed by atoms with Crippen molar-refractivity contribution in [2.75, 3.05) is 6.54 Å². The van der Waals surface area contributed by atoms with Crippen LogP contribution in [0, 0.1) is 5.82 Å². The van der Waals surface area contributed by atoms with E-state index in [9.17, 15) is 9.18 Å². The maximum absolute atomic E-state index is 13.3. The third-order valence-corrected chi connectivity index (χ3v) is 4.34. The molecule has 0 saturated carbocycles. The summed E-state index contributed by atoms with van der Waals surface area (Å²) in [4.78, 5) is 14.6. The molecule has 0 spiro atoms. The quantitative estimate of drug-likeness (QED) is 0.941. The highest BCUT2D eigenvalue weighted by Gasteiger charge is 2.27. The highest BCUT2D eigenvalue weighted by atomic mass is 19.1. The summed E-state index contributed by atoms with van der Waals surface area (Å²) in [6.07, 6.45) is 0.703. The average molecular weight is 312 g/mol. The number of carbonyl (C=O) groups excluding carboxylic acids is 1. The highest BCUT2D eigenvalue weighted by molar-refractivity contribution is 5.82. The molecule has 0 bridgehead atoms. The molecular formula is C19H21FN2O. The van der Waals surface area contributed by atoms with Gasteiger partial charge < -0.3 is 10.2 Å². The maximum atomic E-state index is 13.3. The van der Waals surface area contributed by atoms with Gasteiger partial charge in [-0.15, -0.1) is 0 Å². The Labute approximate surface area is 136 Å². The first kappa shape index (κ1) is 15.7. The zero-order valence-corrected chi connectivity index (χ0v) is 13.3. The lowest BCUT2D eigenvalue weighted by molar-refractivity contribution is -0.134. The van der Waals surface area contributed by atoms with Gasteiger partial charge in [-0.2, -0.15) is 0 Å². The van der Waals surface area contributed by atoms with Gasteiger partial charge in [-0.25, -0.2) is 4.39 Å². The van der Waals surface area contributed by atoms with Gasteiger partial charge in [0.1, 0.15) is 5.82 Å². The van der Waals surface area contributed by atoms with Crippen molar-refractivity contribution in [3.63, 3.8) is 0 Å². The van der Waals surface area contributed by atoms with Gasteiger partial charge in [0.25, 0.3) is 0 Å². The monoisotopic (exact) mass is 312 g/mol. The van der Waals surface area contributed by atoms with E-state index in [0.29, 0.717) is 26.1 Å². The lowest BCUT2D eigenvalue weighted by Crippen LogP contribution is -2.49. The van der Waals surface area contributed by atoms with Gasteiger partial charge in [-0.05, 0) is 42.2 Å². The fraction of sp³-hybridized carbons (Fsp3) is 0.316. The third-order valence-electron chi connectivity index (χ3n) is 4.34. The molecule has 2 aromatic carbocycles. The molecule has 1 amide bonds. The normalized spacial score (nSPS) is 16.7. The van der Waals surface area contributed by atoms with E-state index in [4.69, 9.17) is 0 Å². The molecule has 120 valence electrons. The van der Waals surface area contributed by atoms with Crippen molar-refractivity contribution in [1.29, 1.82) is 0 Å². The summed E-state index contributed by atoms with van der Waals surface area (Å²) >= 11 is 0. The molecule has 0 aromatic heterocycles. The highest BCUT2D eigenvalue weighted by Crippen LogP contribution is 2.18. The summed E-state index contributed by atoms with van der Waals surface area (Å²) in [5, 5.41) is 3.32. The minimum absolute atomic E-state index is 0.0752. The molecule has 1 N–H and O–H groups in total. The number of benzene rings is 2. The molecule has 1 aliphatic heterocycles. The largest absolute Gasteiger partial charge is 0.337 e. The number of carbonyl (C=O) groups is 1. The summed E-state index contributed by atoms with van der Waals surface area (Å²) < 4.78 is 13.3. The molecule has 4 heteroatoms. The van der Waals surface area contributed by atoms with Crippen LogP contribution in [0.25, 0.3) is 0 Å².